The molecule has 1 amide bonds. The van der Waals surface area contributed by atoms with Crippen LogP contribution in [0.4, 0.5) is 5.13 Å². The van der Waals surface area contributed by atoms with Crippen LogP contribution < -0.4 is 5.32 Å². The maximum Gasteiger partial charge on any atom is 0.257 e. The number of sulfonamides is 1. The summed E-state index contributed by atoms with van der Waals surface area (Å²) in [6.45, 7) is 7.72. The normalized spacial score (nSPS) is 11.8. The molecular formula is C22H25N3O3S2. The van der Waals surface area contributed by atoms with Crippen LogP contribution in [-0.4, -0.2) is 36.7 Å². The highest BCUT2D eigenvalue weighted by atomic mass is 32.2. The average Bonchev–Trinajstić information content (AvgIpc) is 3.17. The van der Waals surface area contributed by atoms with Crippen LogP contribution in [0, 0.1) is 13.8 Å². The van der Waals surface area contributed by atoms with Crippen LogP contribution in [0.2, 0.25) is 0 Å². The smallest absolute Gasteiger partial charge is 0.257 e. The van der Waals surface area contributed by atoms with Crippen LogP contribution in [0.25, 0.3) is 11.3 Å². The first-order valence-corrected chi connectivity index (χ1v) is 11.8. The van der Waals surface area contributed by atoms with Crippen LogP contribution in [0.5, 0.6) is 0 Å². The summed E-state index contributed by atoms with van der Waals surface area (Å²) in [6, 6.07) is 11.9. The van der Waals surface area contributed by atoms with E-state index in [1.54, 1.807) is 13.8 Å². The molecule has 3 aromatic rings. The molecule has 0 saturated carbocycles. The number of benzene rings is 2. The van der Waals surface area contributed by atoms with Gasteiger partial charge in [-0.3, -0.25) is 10.1 Å². The minimum atomic E-state index is -3.58. The van der Waals surface area contributed by atoms with Gasteiger partial charge in [-0.25, -0.2) is 13.4 Å². The summed E-state index contributed by atoms with van der Waals surface area (Å²) in [4.78, 5) is 17.2. The second-order valence-electron chi connectivity index (χ2n) is 7.43. The Labute approximate surface area is 181 Å². The number of carbonyl (C=O) groups is 1. The Bertz CT molecular complexity index is 1170. The van der Waals surface area contributed by atoms with Gasteiger partial charge in [-0.05, 0) is 69.2 Å². The van der Waals surface area contributed by atoms with Crippen molar-refractivity contribution < 1.29 is 13.2 Å². The van der Waals surface area contributed by atoms with Crippen LogP contribution in [0.15, 0.2) is 52.7 Å². The van der Waals surface area contributed by atoms with Crippen molar-refractivity contribution in [1.82, 2.24) is 9.29 Å². The number of hydrogen-bond donors (Lipinski definition) is 1. The first-order valence-electron chi connectivity index (χ1n) is 9.52. The molecule has 0 saturated heterocycles. The number of thiazole rings is 1. The van der Waals surface area contributed by atoms with E-state index >= 15 is 0 Å². The van der Waals surface area contributed by atoms with Crippen molar-refractivity contribution in [3.05, 3.63) is 64.5 Å². The lowest BCUT2D eigenvalue weighted by Crippen LogP contribution is -2.33. The van der Waals surface area contributed by atoms with Crippen LogP contribution in [0.1, 0.15) is 35.3 Å². The van der Waals surface area contributed by atoms with Gasteiger partial charge < -0.3 is 0 Å². The zero-order valence-corrected chi connectivity index (χ0v) is 19.3. The van der Waals surface area contributed by atoms with E-state index in [4.69, 9.17) is 0 Å². The summed E-state index contributed by atoms with van der Waals surface area (Å²) < 4.78 is 26.4. The minimum Gasteiger partial charge on any atom is -0.298 e. The van der Waals surface area contributed by atoms with Crippen molar-refractivity contribution in [2.24, 2.45) is 0 Å². The number of aryl methyl sites for hydroxylation is 2. The number of nitrogens with one attached hydrogen (secondary N) is 1. The predicted octanol–water partition coefficient (Wildman–Crippen LogP) is 4.71. The Kier molecular flexibility index (Phi) is 6.40. The molecule has 0 radical (unpaired) electrons. The maximum atomic E-state index is 12.6. The zero-order chi connectivity index (χ0) is 22.1. The fraction of sp³-hybridized carbons (Fsp3) is 0.273. The van der Waals surface area contributed by atoms with E-state index in [-0.39, 0.29) is 16.8 Å². The first-order chi connectivity index (χ1) is 14.1. The van der Waals surface area contributed by atoms with Gasteiger partial charge in [-0.2, -0.15) is 4.31 Å². The number of nitrogens with zero attached hydrogens (tertiary/aromatic N) is 2. The molecule has 0 aliphatic rings. The Balaban J connectivity index is 1.74. The maximum absolute atomic E-state index is 12.6. The SMILES string of the molecule is Cc1ccc(-c2csc(NC(=O)c3ccc(S(=O)(=O)N(C)C(C)C)cc3)n2)cc1C. The molecule has 1 N–H and O–H groups in total. The number of rotatable bonds is 6. The summed E-state index contributed by atoms with van der Waals surface area (Å²) in [5, 5.41) is 5.17. The Morgan fingerprint density at radius 2 is 1.73 bits per heavy atom. The Morgan fingerprint density at radius 3 is 2.33 bits per heavy atom. The molecule has 30 heavy (non-hydrogen) atoms. The summed E-state index contributed by atoms with van der Waals surface area (Å²) in [6.07, 6.45) is 0. The van der Waals surface area contributed by atoms with Crippen molar-refractivity contribution in [2.75, 3.05) is 12.4 Å². The highest BCUT2D eigenvalue weighted by molar-refractivity contribution is 7.89. The molecule has 0 bridgehead atoms. The van der Waals surface area contributed by atoms with Crippen molar-refractivity contribution in [3.8, 4) is 11.3 Å². The minimum absolute atomic E-state index is 0.154. The molecule has 1 aromatic heterocycles. The fourth-order valence-corrected chi connectivity index (χ4v) is 4.84. The monoisotopic (exact) mass is 443 g/mol. The molecule has 2 aromatic carbocycles. The van der Waals surface area contributed by atoms with Gasteiger partial charge in [0.1, 0.15) is 0 Å². The number of carbonyl (C=O) groups excluding carboxylic acids is 1. The van der Waals surface area contributed by atoms with Crippen molar-refractivity contribution in [3.63, 3.8) is 0 Å². The number of amides is 1. The van der Waals surface area contributed by atoms with E-state index in [9.17, 15) is 13.2 Å². The van der Waals surface area contributed by atoms with Gasteiger partial charge in [0, 0.05) is 29.6 Å². The largest absolute Gasteiger partial charge is 0.298 e. The lowest BCUT2D eigenvalue weighted by atomic mass is 10.1. The third-order valence-electron chi connectivity index (χ3n) is 5.05. The Hall–Kier alpha value is -2.55. The molecule has 0 atom stereocenters. The number of aromatic nitrogens is 1. The van der Waals surface area contributed by atoms with E-state index in [0.29, 0.717) is 10.7 Å². The average molecular weight is 444 g/mol. The number of hydrogen-bond acceptors (Lipinski definition) is 5. The summed E-state index contributed by atoms with van der Waals surface area (Å²) >= 11 is 1.35. The molecule has 0 aliphatic heterocycles. The second kappa shape index (κ2) is 8.67. The van der Waals surface area contributed by atoms with Gasteiger partial charge in [0.15, 0.2) is 5.13 Å². The first kappa shape index (κ1) is 22.1. The summed E-state index contributed by atoms with van der Waals surface area (Å²) in [5.74, 6) is -0.336. The predicted molar refractivity (Wildman–Crippen MR) is 122 cm³/mol. The van der Waals surface area contributed by atoms with E-state index in [2.05, 4.69) is 36.3 Å². The molecule has 8 heteroatoms. The van der Waals surface area contributed by atoms with E-state index in [1.165, 1.54) is 58.1 Å². The van der Waals surface area contributed by atoms with Crippen molar-refractivity contribution in [2.45, 2.75) is 38.6 Å². The number of anilines is 1. The van der Waals surface area contributed by atoms with E-state index < -0.39 is 10.0 Å². The third-order valence-corrected chi connectivity index (χ3v) is 7.85. The van der Waals surface area contributed by atoms with Crippen LogP contribution >= 0.6 is 11.3 Å². The molecule has 0 aliphatic carbocycles. The standard InChI is InChI=1S/C22H25N3O3S2/c1-14(2)25(5)30(27,28)19-10-8-17(9-11-19)21(26)24-22-23-20(13-29-22)18-7-6-15(3)16(4)12-18/h6-14H,1-5H3,(H,23,24,26). The Morgan fingerprint density at radius 1 is 1.07 bits per heavy atom. The molecule has 3 rings (SSSR count). The van der Waals surface area contributed by atoms with Crippen LogP contribution in [-0.2, 0) is 10.0 Å². The third kappa shape index (κ3) is 4.61. The van der Waals surface area contributed by atoms with E-state index in [1.807, 2.05) is 11.4 Å². The fourth-order valence-electron chi connectivity index (χ4n) is 2.76. The van der Waals surface area contributed by atoms with E-state index in [0.717, 1.165) is 11.3 Å². The van der Waals surface area contributed by atoms with Gasteiger partial charge in [0.05, 0.1) is 10.6 Å². The van der Waals surface area contributed by atoms with Gasteiger partial charge in [0.25, 0.3) is 5.91 Å². The molecule has 1 heterocycles. The molecule has 0 fully saturated rings. The summed E-state index contributed by atoms with van der Waals surface area (Å²) in [7, 11) is -2.04. The lowest BCUT2D eigenvalue weighted by molar-refractivity contribution is 0.102. The molecular weight excluding hydrogens is 418 g/mol. The molecule has 0 spiro atoms. The van der Waals surface area contributed by atoms with Gasteiger partial charge >= 0.3 is 0 Å². The van der Waals surface area contributed by atoms with Gasteiger partial charge in [0.2, 0.25) is 10.0 Å². The van der Waals surface area contributed by atoms with Crippen molar-refractivity contribution >= 4 is 32.4 Å². The topological polar surface area (TPSA) is 79.4 Å². The molecule has 0 unspecified atom stereocenters. The summed E-state index contributed by atoms with van der Waals surface area (Å²) in [5.41, 5.74) is 4.57. The lowest BCUT2D eigenvalue weighted by Gasteiger charge is -2.20. The highest BCUT2D eigenvalue weighted by Gasteiger charge is 2.23. The van der Waals surface area contributed by atoms with Gasteiger partial charge in [-0.15, -0.1) is 11.3 Å². The van der Waals surface area contributed by atoms with Crippen LogP contribution in [0.3, 0.4) is 0 Å². The molecule has 6 nitrogen and oxygen atoms in total. The highest BCUT2D eigenvalue weighted by Crippen LogP contribution is 2.27. The van der Waals surface area contributed by atoms with Crippen molar-refractivity contribution in [1.29, 1.82) is 0 Å². The quantitative estimate of drug-likeness (QED) is 0.598. The molecule has 158 valence electrons. The van der Waals surface area contributed by atoms with Gasteiger partial charge in [-0.1, -0.05) is 12.1 Å². The zero-order valence-electron chi connectivity index (χ0n) is 17.6. The second-order valence-corrected chi connectivity index (χ2v) is 10.3.